The summed E-state index contributed by atoms with van der Waals surface area (Å²) in [6.07, 6.45) is 6.12. The van der Waals surface area contributed by atoms with Crippen LogP contribution >= 0.6 is 0 Å². The van der Waals surface area contributed by atoms with Gasteiger partial charge >= 0.3 is 0 Å². The summed E-state index contributed by atoms with van der Waals surface area (Å²) in [6, 6.07) is 0. The van der Waals surface area contributed by atoms with E-state index in [1.807, 2.05) is 13.8 Å². The summed E-state index contributed by atoms with van der Waals surface area (Å²) < 4.78 is 0. The molecule has 2 atom stereocenters. The topological polar surface area (TPSA) is 40.5 Å². The van der Waals surface area contributed by atoms with Crippen LogP contribution in [0.2, 0.25) is 0 Å². The predicted molar refractivity (Wildman–Crippen MR) is 53.5 cm³/mol. The van der Waals surface area contributed by atoms with Gasteiger partial charge in [0.05, 0.1) is 11.7 Å². The Balaban J connectivity index is 2.45. The van der Waals surface area contributed by atoms with Crippen molar-refractivity contribution in [1.29, 1.82) is 0 Å². The minimum absolute atomic E-state index is 0.186. The van der Waals surface area contributed by atoms with E-state index in [9.17, 15) is 10.2 Å². The van der Waals surface area contributed by atoms with Crippen molar-refractivity contribution in [2.45, 2.75) is 64.1 Å². The Morgan fingerprint density at radius 2 is 1.77 bits per heavy atom. The van der Waals surface area contributed by atoms with E-state index in [0.717, 1.165) is 25.7 Å². The first kappa shape index (κ1) is 11.0. The number of aliphatic hydroxyl groups is 2. The molecule has 2 heteroatoms. The van der Waals surface area contributed by atoms with E-state index in [-0.39, 0.29) is 6.10 Å². The van der Waals surface area contributed by atoms with Crippen LogP contribution < -0.4 is 0 Å². The molecule has 0 amide bonds. The second-order valence-corrected chi connectivity index (χ2v) is 4.98. The van der Waals surface area contributed by atoms with Crippen molar-refractivity contribution < 1.29 is 10.2 Å². The zero-order chi connectivity index (χ0) is 9.90. The first-order valence-corrected chi connectivity index (χ1v) is 5.39. The van der Waals surface area contributed by atoms with Crippen molar-refractivity contribution in [3.63, 3.8) is 0 Å². The molecule has 1 saturated carbocycles. The van der Waals surface area contributed by atoms with E-state index in [1.165, 1.54) is 12.8 Å². The highest BCUT2D eigenvalue weighted by Crippen LogP contribution is 2.29. The molecule has 13 heavy (non-hydrogen) atoms. The molecule has 0 heterocycles. The van der Waals surface area contributed by atoms with Gasteiger partial charge in [-0.3, -0.25) is 0 Å². The molecule has 1 aliphatic carbocycles. The molecule has 0 aliphatic heterocycles. The maximum atomic E-state index is 9.80. The summed E-state index contributed by atoms with van der Waals surface area (Å²) in [5, 5.41) is 19.5. The highest BCUT2D eigenvalue weighted by atomic mass is 16.3. The fourth-order valence-corrected chi connectivity index (χ4v) is 2.24. The van der Waals surface area contributed by atoms with Crippen LogP contribution in [-0.2, 0) is 0 Å². The lowest BCUT2D eigenvalue weighted by molar-refractivity contribution is 0.0110. The lowest BCUT2D eigenvalue weighted by Crippen LogP contribution is -2.29. The van der Waals surface area contributed by atoms with Gasteiger partial charge in [-0.15, -0.1) is 0 Å². The van der Waals surface area contributed by atoms with E-state index in [1.54, 1.807) is 0 Å². The quantitative estimate of drug-likeness (QED) is 0.648. The second kappa shape index (κ2) is 4.43. The van der Waals surface area contributed by atoms with E-state index < -0.39 is 5.60 Å². The molecule has 0 radical (unpaired) electrons. The molecule has 78 valence electrons. The lowest BCUT2D eigenvalue weighted by atomic mass is 9.86. The maximum Gasteiger partial charge on any atom is 0.0595 e. The molecule has 1 aliphatic rings. The van der Waals surface area contributed by atoms with Gasteiger partial charge in [-0.2, -0.15) is 0 Å². The number of hydrogen-bond acceptors (Lipinski definition) is 2. The van der Waals surface area contributed by atoms with Crippen LogP contribution in [0.5, 0.6) is 0 Å². The summed E-state index contributed by atoms with van der Waals surface area (Å²) in [6.45, 7) is 3.65. The third-order valence-corrected chi connectivity index (χ3v) is 2.88. The third kappa shape index (κ3) is 4.10. The molecule has 0 spiro atoms. The first-order valence-electron chi connectivity index (χ1n) is 5.39. The van der Waals surface area contributed by atoms with Crippen molar-refractivity contribution in [1.82, 2.24) is 0 Å². The summed E-state index contributed by atoms with van der Waals surface area (Å²) >= 11 is 0. The Morgan fingerprint density at radius 3 is 2.38 bits per heavy atom. The highest BCUT2D eigenvalue weighted by molar-refractivity contribution is 4.79. The Morgan fingerprint density at radius 1 is 1.15 bits per heavy atom. The van der Waals surface area contributed by atoms with Gasteiger partial charge in [-0.05, 0) is 39.0 Å². The molecular weight excluding hydrogens is 164 g/mol. The molecule has 2 nitrogen and oxygen atoms in total. The predicted octanol–water partition coefficient (Wildman–Crippen LogP) is 2.09. The van der Waals surface area contributed by atoms with Gasteiger partial charge in [0.1, 0.15) is 0 Å². The van der Waals surface area contributed by atoms with Crippen molar-refractivity contribution in [3.05, 3.63) is 0 Å². The average molecular weight is 186 g/mol. The Hall–Kier alpha value is -0.0800. The second-order valence-electron chi connectivity index (χ2n) is 4.98. The average Bonchev–Trinajstić information content (AvgIpc) is 2.14. The smallest absolute Gasteiger partial charge is 0.0595 e. The van der Waals surface area contributed by atoms with E-state index >= 15 is 0 Å². The van der Waals surface area contributed by atoms with Crippen LogP contribution in [0.15, 0.2) is 0 Å². The molecule has 0 saturated heterocycles. The molecule has 0 aromatic rings. The summed E-state index contributed by atoms with van der Waals surface area (Å²) in [7, 11) is 0. The van der Waals surface area contributed by atoms with Crippen molar-refractivity contribution in [2.75, 3.05) is 0 Å². The van der Waals surface area contributed by atoms with Gasteiger partial charge in [0, 0.05) is 0 Å². The fourth-order valence-electron chi connectivity index (χ4n) is 2.24. The fraction of sp³-hybridized carbons (Fsp3) is 1.00. The number of rotatable bonds is 2. The summed E-state index contributed by atoms with van der Waals surface area (Å²) in [4.78, 5) is 0. The van der Waals surface area contributed by atoms with E-state index in [0.29, 0.717) is 5.92 Å². The zero-order valence-corrected chi connectivity index (χ0v) is 8.79. The number of aliphatic hydroxyl groups excluding tert-OH is 1. The third-order valence-electron chi connectivity index (χ3n) is 2.88. The molecule has 1 rings (SSSR count). The SMILES string of the molecule is CC(C)(O)CC1CCCCCC1O. The Labute approximate surface area is 81.0 Å². The largest absolute Gasteiger partial charge is 0.393 e. The maximum absolute atomic E-state index is 9.80. The normalized spacial score (nSPS) is 31.4. The molecule has 2 N–H and O–H groups in total. The van der Waals surface area contributed by atoms with Crippen LogP contribution in [-0.4, -0.2) is 21.9 Å². The first-order chi connectivity index (χ1) is 5.99. The van der Waals surface area contributed by atoms with Gasteiger partial charge in [-0.25, -0.2) is 0 Å². The number of hydrogen-bond donors (Lipinski definition) is 2. The highest BCUT2D eigenvalue weighted by Gasteiger charge is 2.27. The minimum Gasteiger partial charge on any atom is -0.393 e. The van der Waals surface area contributed by atoms with Crippen molar-refractivity contribution in [3.8, 4) is 0 Å². The molecule has 2 unspecified atom stereocenters. The van der Waals surface area contributed by atoms with Gasteiger partial charge in [0.15, 0.2) is 0 Å². The summed E-state index contributed by atoms with van der Waals surface area (Å²) in [5.74, 6) is 0.308. The van der Waals surface area contributed by atoms with Gasteiger partial charge in [0.25, 0.3) is 0 Å². The van der Waals surface area contributed by atoms with Gasteiger partial charge in [0.2, 0.25) is 0 Å². The molecule has 0 aromatic carbocycles. The molecule has 0 bridgehead atoms. The van der Waals surface area contributed by atoms with Gasteiger partial charge < -0.3 is 10.2 Å². The molecule has 1 fully saturated rings. The van der Waals surface area contributed by atoms with Crippen LogP contribution in [0, 0.1) is 5.92 Å². The molecule has 0 aromatic heterocycles. The standard InChI is InChI=1S/C11H22O2/c1-11(2,13)8-9-6-4-3-5-7-10(9)12/h9-10,12-13H,3-8H2,1-2H3. The monoisotopic (exact) mass is 186 g/mol. The van der Waals surface area contributed by atoms with Crippen LogP contribution in [0.4, 0.5) is 0 Å². The molecular formula is C11H22O2. The Bertz CT molecular complexity index is 149. The van der Waals surface area contributed by atoms with E-state index in [4.69, 9.17) is 0 Å². The van der Waals surface area contributed by atoms with E-state index in [2.05, 4.69) is 0 Å². The zero-order valence-electron chi connectivity index (χ0n) is 8.79. The van der Waals surface area contributed by atoms with Crippen LogP contribution in [0.25, 0.3) is 0 Å². The van der Waals surface area contributed by atoms with Crippen LogP contribution in [0.1, 0.15) is 52.4 Å². The minimum atomic E-state index is -0.629. The van der Waals surface area contributed by atoms with Crippen molar-refractivity contribution in [2.24, 2.45) is 5.92 Å². The van der Waals surface area contributed by atoms with Crippen LogP contribution in [0.3, 0.4) is 0 Å². The van der Waals surface area contributed by atoms with Crippen molar-refractivity contribution >= 4 is 0 Å². The summed E-state index contributed by atoms with van der Waals surface area (Å²) in [5.41, 5.74) is -0.629. The van der Waals surface area contributed by atoms with Gasteiger partial charge in [-0.1, -0.05) is 19.3 Å². The lowest BCUT2D eigenvalue weighted by Gasteiger charge is -2.27. The Kier molecular flexibility index (Phi) is 3.74.